The average Bonchev–Trinajstić information content (AvgIpc) is 3.48. The lowest BCUT2D eigenvalue weighted by molar-refractivity contribution is -0.129. The van der Waals surface area contributed by atoms with Crippen LogP contribution >= 0.6 is 0 Å². The highest BCUT2D eigenvalue weighted by Gasteiger charge is 2.25. The Morgan fingerprint density at radius 3 is 2.48 bits per heavy atom. The van der Waals surface area contributed by atoms with Gasteiger partial charge in [-0.25, -0.2) is 14.4 Å². The number of nitrogens with zero attached hydrogens (tertiary/aromatic N) is 6. The minimum atomic E-state index is -0.488. The number of rotatable bonds is 7. The van der Waals surface area contributed by atoms with Crippen molar-refractivity contribution in [2.45, 2.75) is 19.8 Å². The lowest BCUT2D eigenvalue weighted by Gasteiger charge is -2.35. The summed E-state index contributed by atoms with van der Waals surface area (Å²) in [5, 5.41) is 5.81. The SMILES string of the molecule is CNc1nc(-c2c[nH]c(C(=O)Nc3cccc(F)c3N3CCC(CN)CC3)n2)cc(N2CCN(C(C)=O)CC2)n1. The summed E-state index contributed by atoms with van der Waals surface area (Å²) in [7, 11) is 1.73. The molecular formula is C27H35FN10O2. The van der Waals surface area contributed by atoms with Gasteiger partial charge in [0, 0.05) is 65.5 Å². The zero-order valence-corrected chi connectivity index (χ0v) is 22.8. The Balaban J connectivity index is 1.33. The maximum absolute atomic E-state index is 14.9. The second kappa shape index (κ2) is 11.9. The molecule has 5 rings (SSSR count). The lowest BCUT2D eigenvalue weighted by Crippen LogP contribution is -2.48. The van der Waals surface area contributed by atoms with Crippen molar-refractivity contribution in [2.75, 3.05) is 73.3 Å². The Kier molecular flexibility index (Phi) is 8.10. The Morgan fingerprint density at radius 2 is 1.80 bits per heavy atom. The fourth-order valence-corrected chi connectivity index (χ4v) is 5.17. The van der Waals surface area contributed by atoms with E-state index in [1.165, 1.54) is 6.07 Å². The molecule has 0 unspecified atom stereocenters. The average molecular weight is 551 g/mol. The summed E-state index contributed by atoms with van der Waals surface area (Å²) in [6.07, 6.45) is 3.36. The Hall–Kier alpha value is -4.26. The van der Waals surface area contributed by atoms with Gasteiger partial charge in [-0.15, -0.1) is 0 Å². The molecule has 2 aromatic heterocycles. The number of anilines is 4. The topological polar surface area (TPSA) is 148 Å². The van der Waals surface area contributed by atoms with Crippen LogP contribution in [-0.4, -0.2) is 89.5 Å². The van der Waals surface area contributed by atoms with E-state index in [0.29, 0.717) is 86.3 Å². The van der Waals surface area contributed by atoms with Crippen LogP contribution in [0, 0.1) is 11.7 Å². The fraction of sp³-hybridized carbons (Fsp3) is 0.444. The fourth-order valence-electron chi connectivity index (χ4n) is 5.17. The van der Waals surface area contributed by atoms with Crippen LogP contribution in [0.4, 0.5) is 27.5 Å². The van der Waals surface area contributed by atoms with Crippen molar-refractivity contribution in [1.82, 2.24) is 24.8 Å². The number of hydrogen-bond donors (Lipinski definition) is 4. The van der Waals surface area contributed by atoms with Crippen LogP contribution in [0.15, 0.2) is 30.5 Å². The number of piperazine rings is 1. The number of benzene rings is 1. The first-order chi connectivity index (χ1) is 19.4. The van der Waals surface area contributed by atoms with Crippen molar-refractivity contribution in [1.29, 1.82) is 0 Å². The van der Waals surface area contributed by atoms with Crippen LogP contribution in [0.1, 0.15) is 30.4 Å². The number of carbonyl (C=O) groups is 2. The predicted molar refractivity (Wildman–Crippen MR) is 152 cm³/mol. The largest absolute Gasteiger partial charge is 0.367 e. The van der Waals surface area contributed by atoms with Gasteiger partial charge >= 0.3 is 0 Å². The van der Waals surface area contributed by atoms with Gasteiger partial charge in [-0.05, 0) is 37.4 Å². The van der Waals surface area contributed by atoms with Crippen LogP contribution in [0.5, 0.6) is 0 Å². The molecule has 0 radical (unpaired) electrons. The monoisotopic (exact) mass is 550 g/mol. The molecule has 0 saturated carbocycles. The van der Waals surface area contributed by atoms with Crippen molar-refractivity contribution < 1.29 is 14.0 Å². The molecule has 1 aromatic carbocycles. The van der Waals surface area contributed by atoms with Gasteiger partial charge in [0.25, 0.3) is 5.91 Å². The number of carbonyl (C=O) groups excluding carboxylic acids is 2. The summed E-state index contributed by atoms with van der Waals surface area (Å²) in [5.74, 6) is 0.807. The summed E-state index contributed by atoms with van der Waals surface area (Å²) < 4.78 is 14.9. The predicted octanol–water partition coefficient (Wildman–Crippen LogP) is 2.14. The van der Waals surface area contributed by atoms with Gasteiger partial charge in [-0.3, -0.25) is 9.59 Å². The summed E-state index contributed by atoms with van der Waals surface area (Å²) in [5.41, 5.74) is 7.58. The third-order valence-corrected chi connectivity index (χ3v) is 7.54. The molecule has 0 aliphatic carbocycles. The number of H-pyrrole nitrogens is 1. The van der Waals surface area contributed by atoms with Gasteiger partial charge in [-0.1, -0.05) is 6.07 Å². The summed E-state index contributed by atoms with van der Waals surface area (Å²) >= 11 is 0. The van der Waals surface area contributed by atoms with E-state index >= 15 is 0 Å². The minimum absolute atomic E-state index is 0.0581. The molecule has 0 bridgehead atoms. The molecule has 4 heterocycles. The molecule has 12 nitrogen and oxygen atoms in total. The van der Waals surface area contributed by atoms with Gasteiger partial charge in [0.05, 0.1) is 17.1 Å². The molecule has 2 saturated heterocycles. The van der Waals surface area contributed by atoms with E-state index < -0.39 is 5.91 Å². The highest BCUT2D eigenvalue weighted by Crippen LogP contribution is 2.33. The van der Waals surface area contributed by atoms with E-state index in [0.717, 1.165) is 12.8 Å². The van der Waals surface area contributed by atoms with E-state index in [9.17, 15) is 14.0 Å². The van der Waals surface area contributed by atoms with Crippen molar-refractivity contribution in [3.05, 3.63) is 42.1 Å². The summed E-state index contributed by atoms with van der Waals surface area (Å²) in [4.78, 5) is 47.2. The maximum atomic E-state index is 14.9. The summed E-state index contributed by atoms with van der Waals surface area (Å²) in [6, 6.07) is 6.48. The zero-order valence-electron chi connectivity index (χ0n) is 22.8. The third kappa shape index (κ3) is 5.83. The molecule has 2 amide bonds. The number of aromatic amines is 1. The van der Waals surface area contributed by atoms with E-state index in [1.807, 2.05) is 15.9 Å². The van der Waals surface area contributed by atoms with Gasteiger partial charge in [-0.2, -0.15) is 4.98 Å². The molecule has 212 valence electrons. The first-order valence-corrected chi connectivity index (χ1v) is 13.5. The van der Waals surface area contributed by atoms with E-state index in [2.05, 4.69) is 35.5 Å². The molecule has 0 spiro atoms. The molecule has 2 fully saturated rings. The van der Waals surface area contributed by atoms with E-state index in [4.69, 9.17) is 5.73 Å². The Labute approximate surface area is 232 Å². The van der Waals surface area contributed by atoms with Crippen molar-refractivity contribution in [3.8, 4) is 11.4 Å². The Bertz CT molecular complexity index is 1360. The quantitative estimate of drug-likeness (QED) is 0.347. The second-order valence-electron chi connectivity index (χ2n) is 10.1. The van der Waals surface area contributed by atoms with Crippen LogP contribution in [0.3, 0.4) is 0 Å². The summed E-state index contributed by atoms with van der Waals surface area (Å²) in [6.45, 7) is 6.06. The van der Waals surface area contributed by atoms with Gasteiger partial charge in [0.2, 0.25) is 11.9 Å². The number of hydrogen-bond acceptors (Lipinski definition) is 9. The molecule has 2 aliphatic heterocycles. The molecule has 3 aromatic rings. The third-order valence-electron chi connectivity index (χ3n) is 7.54. The van der Waals surface area contributed by atoms with Crippen molar-refractivity contribution >= 4 is 35.0 Å². The zero-order chi connectivity index (χ0) is 28.2. The van der Waals surface area contributed by atoms with Gasteiger partial charge in [0.15, 0.2) is 5.82 Å². The first kappa shape index (κ1) is 27.3. The number of nitrogens with two attached hydrogens (primary N) is 1. The van der Waals surface area contributed by atoms with Crippen molar-refractivity contribution in [3.63, 3.8) is 0 Å². The number of para-hydroxylation sites is 1. The molecule has 0 atom stereocenters. The highest BCUT2D eigenvalue weighted by atomic mass is 19.1. The number of amides is 2. The standard InChI is InChI=1S/C27H35FN10O2/c1-17(39)36-10-12-37(13-11-36)23-14-21(34-27(30-2)35-23)22-16-31-25(32-22)26(40)33-20-5-3-4-19(28)24(20)38-8-6-18(15-29)7-9-38/h3-5,14,16,18H,6-13,15,29H2,1-2H3,(H,31,32)(H,33,40)(H,30,34,35). The number of imidazole rings is 1. The van der Waals surface area contributed by atoms with E-state index in [-0.39, 0.29) is 17.5 Å². The Morgan fingerprint density at radius 1 is 1.05 bits per heavy atom. The van der Waals surface area contributed by atoms with Crippen LogP contribution in [0.2, 0.25) is 0 Å². The normalized spacial score (nSPS) is 16.2. The number of halogens is 1. The molecule has 5 N–H and O–H groups in total. The van der Waals surface area contributed by atoms with Gasteiger partial charge in [0.1, 0.15) is 17.3 Å². The maximum Gasteiger partial charge on any atom is 0.291 e. The number of piperidine rings is 1. The molecule has 2 aliphatic rings. The molecule has 40 heavy (non-hydrogen) atoms. The number of aromatic nitrogens is 4. The second-order valence-corrected chi connectivity index (χ2v) is 10.1. The highest BCUT2D eigenvalue weighted by molar-refractivity contribution is 6.04. The van der Waals surface area contributed by atoms with E-state index in [1.54, 1.807) is 32.3 Å². The van der Waals surface area contributed by atoms with Crippen LogP contribution < -0.4 is 26.2 Å². The van der Waals surface area contributed by atoms with Crippen molar-refractivity contribution in [2.24, 2.45) is 11.7 Å². The molecular weight excluding hydrogens is 515 g/mol. The number of nitrogens with one attached hydrogen (secondary N) is 3. The minimum Gasteiger partial charge on any atom is -0.367 e. The van der Waals surface area contributed by atoms with Crippen LogP contribution in [-0.2, 0) is 4.79 Å². The van der Waals surface area contributed by atoms with Crippen LogP contribution in [0.25, 0.3) is 11.4 Å². The lowest BCUT2D eigenvalue weighted by atomic mass is 9.96. The molecule has 13 heteroatoms. The smallest absolute Gasteiger partial charge is 0.291 e. The first-order valence-electron chi connectivity index (χ1n) is 13.5. The van der Waals surface area contributed by atoms with Gasteiger partial charge < -0.3 is 36.1 Å².